The summed E-state index contributed by atoms with van der Waals surface area (Å²) in [5.74, 6) is 0.00648. The zero-order valence-corrected chi connectivity index (χ0v) is 12.5. The molecule has 2 aromatic rings. The van der Waals surface area contributed by atoms with E-state index in [0.717, 1.165) is 6.07 Å². The van der Waals surface area contributed by atoms with E-state index in [4.69, 9.17) is 14.6 Å². The number of nitro groups is 1. The van der Waals surface area contributed by atoms with Crippen molar-refractivity contribution in [1.82, 2.24) is 5.32 Å². The molecular weight excluding hydrogens is 323 g/mol. The first-order valence-corrected chi connectivity index (χ1v) is 6.65. The Bertz CT molecular complexity index is 781. The highest BCUT2D eigenvalue weighted by molar-refractivity contribution is 5.64. The van der Waals surface area contributed by atoms with Gasteiger partial charge < -0.3 is 19.9 Å². The number of carboxylic acid groups (broad SMARTS) is 1. The normalized spacial score (nSPS) is 10.1. The molecular formula is C15H13FN2O6. The molecule has 9 heteroatoms. The third-order valence-electron chi connectivity index (χ3n) is 2.99. The van der Waals surface area contributed by atoms with E-state index in [0.29, 0.717) is 0 Å². The van der Waals surface area contributed by atoms with Crippen LogP contribution >= 0.6 is 0 Å². The molecule has 0 aliphatic heterocycles. The highest BCUT2D eigenvalue weighted by Crippen LogP contribution is 2.30. The molecule has 0 heterocycles. The van der Waals surface area contributed by atoms with Gasteiger partial charge in [-0.3, -0.25) is 10.1 Å². The van der Waals surface area contributed by atoms with Crippen molar-refractivity contribution in [2.24, 2.45) is 0 Å². The molecule has 0 saturated carbocycles. The Labute approximate surface area is 135 Å². The zero-order chi connectivity index (χ0) is 17.7. The number of rotatable bonds is 6. The van der Waals surface area contributed by atoms with Gasteiger partial charge in [-0.2, -0.15) is 0 Å². The Hall–Kier alpha value is -3.36. The monoisotopic (exact) mass is 336 g/mol. The van der Waals surface area contributed by atoms with Crippen LogP contribution in [-0.2, 0) is 6.54 Å². The van der Waals surface area contributed by atoms with Crippen molar-refractivity contribution < 1.29 is 28.7 Å². The lowest BCUT2D eigenvalue weighted by atomic mass is 10.1. The first-order valence-electron chi connectivity index (χ1n) is 6.65. The van der Waals surface area contributed by atoms with E-state index in [2.05, 4.69) is 5.32 Å². The van der Waals surface area contributed by atoms with Crippen molar-refractivity contribution in [3.63, 3.8) is 0 Å². The van der Waals surface area contributed by atoms with Crippen LogP contribution in [0, 0.1) is 15.9 Å². The highest BCUT2D eigenvalue weighted by atomic mass is 19.1. The van der Waals surface area contributed by atoms with Crippen LogP contribution in [0.3, 0.4) is 0 Å². The Balaban J connectivity index is 2.30. The van der Waals surface area contributed by atoms with Gasteiger partial charge in [-0.05, 0) is 12.1 Å². The lowest BCUT2D eigenvalue weighted by molar-refractivity contribution is -0.385. The second-order valence-corrected chi connectivity index (χ2v) is 4.64. The molecule has 1 amide bonds. The molecule has 0 atom stereocenters. The molecule has 2 aromatic carbocycles. The maximum Gasteiger partial charge on any atom is 0.404 e. The molecule has 126 valence electrons. The van der Waals surface area contributed by atoms with E-state index in [1.54, 1.807) is 0 Å². The molecule has 8 nitrogen and oxygen atoms in total. The second kappa shape index (κ2) is 7.27. The summed E-state index contributed by atoms with van der Waals surface area (Å²) in [5, 5.41) is 21.7. The number of nitrogens with one attached hydrogen (secondary N) is 1. The summed E-state index contributed by atoms with van der Waals surface area (Å²) in [6, 6.07) is 7.57. The molecule has 0 bridgehead atoms. The summed E-state index contributed by atoms with van der Waals surface area (Å²) < 4.78 is 23.8. The lowest BCUT2D eigenvalue weighted by Gasteiger charge is -2.10. The second-order valence-electron chi connectivity index (χ2n) is 4.64. The van der Waals surface area contributed by atoms with Gasteiger partial charge in [-0.25, -0.2) is 9.18 Å². The van der Waals surface area contributed by atoms with Gasteiger partial charge in [-0.15, -0.1) is 0 Å². The van der Waals surface area contributed by atoms with E-state index < -0.39 is 16.8 Å². The fourth-order valence-electron chi connectivity index (χ4n) is 1.97. The zero-order valence-electron chi connectivity index (χ0n) is 12.5. The number of hydrogen-bond acceptors (Lipinski definition) is 5. The van der Waals surface area contributed by atoms with Gasteiger partial charge in [0, 0.05) is 24.3 Å². The van der Waals surface area contributed by atoms with Crippen molar-refractivity contribution in [2.75, 3.05) is 7.11 Å². The minimum atomic E-state index is -1.31. The summed E-state index contributed by atoms with van der Waals surface area (Å²) in [7, 11) is 1.38. The number of carbonyl (C=O) groups is 1. The Morgan fingerprint density at radius 1 is 1.25 bits per heavy atom. The van der Waals surface area contributed by atoms with Crippen LogP contribution in [0.5, 0.6) is 17.2 Å². The van der Waals surface area contributed by atoms with E-state index in [1.165, 1.54) is 37.4 Å². The summed E-state index contributed by atoms with van der Waals surface area (Å²) in [5.41, 5.74) is -0.142. The smallest absolute Gasteiger partial charge is 0.404 e. The van der Waals surface area contributed by atoms with Crippen LogP contribution in [0.25, 0.3) is 0 Å². The molecule has 0 aliphatic rings. The van der Waals surface area contributed by atoms with Gasteiger partial charge in [0.1, 0.15) is 23.1 Å². The van der Waals surface area contributed by atoms with E-state index in [9.17, 15) is 19.3 Å². The van der Waals surface area contributed by atoms with Gasteiger partial charge in [0.05, 0.1) is 24.1 Å². The molecule has 0 unspecified atom stereocenters. The standard InChI is InChI=1S/C15H13FN2O6/c1-23-12-5-10(16)6-13(7-12)24-11-2-3-14(18(21)22)9(4-11)8-17-15(19)20/h2-7,17H,8H2,1H3,(H,19,20). The lowest BCUT2D eigenvalue weighted by Crippen LogP contribution is -2.20. The quantitative estimate of drug-likeness (QED) is 0.618. The molecule has 2 N–H and O–H groups in total. The molecule has 24 heavy (non-hydrogen) atoms. The first kappa shape index (κ1) is 17.0. The van der Waals surface area contributed by atoms with E-state index in [1.807, 2.05) is 0 Å². The number of hydrogen-bond donors (Lipinski definition) is 2. The third-order valence-corrected chi connectivity index (χ3v) is 2.99. The van der Waals surface area contributed by atoms with Crippen molar-refractivity contribution in [3.8, 4) is 17.2 Å². The topological polar surface area (TPSA) is 111 Å². The Kier molecular flexibility index (Phi) is 5.15. The summed E-state index contributed by atoms with van der Waals surface area (Å²) in [4.78, 5) is 20.9. The first-order chi connectivity index (χ1) is 11.4. The van der Waals surface area contributed by atoms with Crippen molar-refractivity contribution in [1.29, 1.82) is 0 Å². The molecule has 0 radical (unpaired) electrons. The average molecular weight is 336 g/mol. The average Bonchev–Trinajstić information content (AvgIpc) is 2.52. The van der Waals surface area contributed by atoms with Crippen molar-refractivity contribution >= 4 is 11.8 Å². The maximum absolute atomic E-state index is 13.5. The van der Waals surface area contributed by atoms with Crippen LogP contribution in [0.15, 0.2) is 36.4 Å². The molecule has 0 fully saturated rings. The Morgan fingerprint density at radius 3 is 2.58 bits per heavy atom. The predicted molar refractivity (Wildman–Crippen MR) is 81.0 cm³/mol. The minimum absolute atomic E-state index is 0.114. The number of methoxy groups -OCH3 is 1. The van der Waals surface area contributed by atoms with Gasteiger partial charge in [0.25, 0.3) is 5.69 Å². The van der Waals surface area contributed by atoms with E-state index in [-0.39, 0.29) is 35.0 Å². The predicted octanol–water partition coefficient (Wildman–Crippen LogP) is 3.30. The molecule has 0 aromatic heterocycles. The van der Waals surface area contributed by atoms with Gasteiger partial charge >= 0.3 is 6.09 Å². The maximum atomic E-state index is 13.5. The van der Waals surface area contributed by atoms with Crippen LogP contribution in [0.2, 0.25) is 0 Å². The van der Waals surface area contributed by atoms with Crippen LogP contribution < -0.4 is 14.8 Å². The minimum Gasteiger partial charge on any atom is -0.497 e. The fraction of sp³-hybridized carbons (Fsp3) is 0.133. The number of nitro benzene ring substituents is 1. The number of benzene rings is 2. The SMILES string of the molecule is COc1cc(F)cc(Oc2ccc([N+](=O)[O-])c(CNC(=O)O)c2)c1. The highest BCUT2D eigenvalue weighted by Gasteiger charge is 2.16. The van der Waals surface area contributed by atoms with Gasteiger partial charge in [0.15, 0.2) is 0 Å². The van der Waals surface area contributed by atoms with E-state index >= 15 is 0 Å². The largest absolute Gasteiger partial charge is 0.497 e. The summed E-state index contributed by atoms with van der Waals surface area (Å²) >= 11 is 0. The van der Waals surface area contributed by atoms with Crippen molar-refractivity contribution in [3.05, 3.63) is 57.9 Å². The third kappa shape index (κ3) is 4.32. The molecule has 0 aliphatic carbocycles. The number of amides is 1. The fourth-order valence-corrected chi connectivity index (χ4v) is 1.97. The number of halogens is 1. The molecule has 2 rings (SSSR count). The van der Waals surface area contributed by atoms with Gasteiger partial charge in [-0.1, -0.05) is 0 Å². The molecule has 0 spiro atoms. The molecule has 0 saturated heterocycles. The van der Waals surface area contributed by atoms with Gasteiger partial charge in [0.2, 0.25) is 0 Å². The van der Waals surface area contributed by atoms with Crippen LogP contribution in [0.1, 0.15) is 5.56 Å². The summed E-state index contributed by atoms with van der Waals surface area (Å²) in [6.45, 7) is -0.269. The summed E-state index contributed by atoms with van der Waals surface area (Å²) in [6.07, 6.45) is -1.31. The number of ether oxygens (including phenoxy) is 2. The van der Waals surface area contributed by atoms with Crippen LogP contribution in [-0.4, -0.2) is 23.2 Å². The Morgan fingerprint density at radius 2 is 1.96 bits per heavy atom. The number of nitrogens with zero attached hydrogens (tertiary/aromatic N) is 1. The van der Waals surface area contributed by atoms with Crippen LogP contribution in [0.4, 0.5) is 14.9 Å². The van der Waals surface area contributed by atoms with Crippen molar-refractivity contribution in [2.45, 2.75) is 6.54 Å².